The molecule has 0 aliphatic carbocycles. The molecule has 4 unspecified atom stereocenters. The minimum absolute atomic E-state index is 0.0975. The highest BCUT2D eigenvalue weighted by atomic mass is 16.6. The summed E-state index contributed by atoms with van der Waals surface area (Å²) in [5.74, 6) is -1.27. The van der Waals surface area contributed by atoms with Crippen molar-refractivity contribution in [2.45, 2.75) is 124 Å². The molecule has 220 valence electrons. The second kappa shape index (κ2) is 15.5. The van der Waals surface area contributed by atoms with Crippen LogP contribution in [-0.2, 0) is 19.1 Å². The summed E-state index contributed by atoms with van der Waals surface area (Å²) in [6.45, 7) is 17.1. The van der Waals surface area contributed by atoms with Crippen LogP contribution in [0.5, 0.6) is 0 Å². The molecule has 9 nitrogen and oxygen atoms in total. The average Bonchev–Trinajstić information content (AvgIpc) is 2.79. The van der Waals surface area contributed by atoms with E-state index < -0.39 is 42.0 Å². The van der Waals surface area contributed by atoms with Crippen LogP contribution >= 0.6 is 0 Å². The van der Waals surface area contributed by atoms with Crippen LogP contribution in [-0.4, -0.2) is 52.4 Å². The van der Waals surface area contributed by atoms with Crippen LogP contribution in [0.3, 0.4) is 0 Å². The molecule has 9 heteroatoms. The van der Waals surface area contributed by atoms with E-state index in [0.717, 1.165) is 24.8 Å². The molecule has 0 fully saturated rings. The summed E-state index contributed by atoms with van der Waals surface area (Å²) in [7, 11) is 0. The van der Waals surface area contributed by atoms with Gasteiger partial charge in [0, 0.05) is 12.1 Å². The summed E-state index contributed by atoms with van der Waals surface area (Å²) < 4.78 is 5.35. The van der Waals surface area contributed by atoms with Crippen molar-refractivity contribution in [1.82, 2.24) is 15.5 Å². The first-order chi connectivity index (χ1) is 18.0. The zero-order valence-electron chi connectivity index (χ0n) is 25.3. The maximum absolute atomic E-state index is 14.2. The predicted octanol–water partition coefficient (Wildman–Crippen LogP) is 4.76. The molecule has 0 aromatic heterocycles. The van der Waals surface area contributed by atoms with Gasteiger partial charge in [-0.05, 0) is 72.3 Å². The van der Waals surface area contributed by atoms with E-state index >= 15 is 0 Å². The molecule has 0 bridgehead atoms. The molecular weight excluding hydrogens is 496 g/mol. The fourth-order valence-corrected chi connectivity index (χ4v) is 4.36. The zero-order chi connectivity index (χ0) is 29.9. The number of hydrogen-bond acceptors (Lipinski definition) is 5. The molecule has 0 aliphatic rings. The average molecular weight is 547 g/mol. The lowest BCUT2D eigenvalue weighted by Crippen LogP contribution is -2.56. The number of carbonyl (C=O) groups is 4. The second-order valence-electron chi connectivity index (χ2n) is 11.9. The maximum atomic E-state index is 14.2. The lowest BCUT2D eigenvalue weighted by atomic mass is 9.96. The van der Waals surface area contributed by atoms with E-state index in [1.54, 1.807) is 20.8 Å². The van der Waals surface area contributed by atoms with Gasteiger partial charge < -0.3 is 26.0 Å². The van der Waals surface area contributed by atoms with Crippen LogP contribution in [0.1, 0.15) is 105 Å². The van der Waals surface area contributed by atoms with Crippen molar-refractivity contribution in [3.63, 3.8) is 0 Å². The number of hydrogen-bond donors (Lipinski definition) is 3. The fourth-order valence-electron chi connectivity index (χ4n) is 4.36. The highest BCUT2D eigenvalue weighted by Gasteiger charge is 2.39. The molecule has 1 aromatic carbocycles. The number of alkyl carbamates (subject to hydrolysis) is 1. The Balaban J connectivity index is 3.63. The van der Waals surface area contributed by atoms with Gasteiger partial charge >= 0.3 is 6.09 Å². The second-order valence-corrected chi connectivity index (χ2v) is 11.9. The van der Waals surface area contributed by atoms with E-state index in [1.807, 2.05) is 52.0 Å². The summed E-state index contributed by atoms with van der Waals surface area (Å²) >= 11 is 0. The Hall–Kier alpha value is -3.10. The Morgan fingerprint density at radius 2 is 1.54 bits per heavy atom. The molecule has 39 heavy (non-hydrogen) atoms. The Morgan fingerprint density at radius 3 is 2.03 bits per heavy atom. The summed E-state index contributed by atoms with van der Waals surface area (Å²) in [5.41, 5.74) is 6.33. The molecule has 4 N–H and O–H groups in total. The number of primary amides is 1. The first-order valence-corrected chi connectivity index (χ1v) is 14.0. The Kier molecular flexibility index (Phi) is 13.5. The quantitative estimate of drug-likeness (QED) is 0.310. The normalized spacial score (nSPS) is 14.6. The highest BCUT2D eigenvalue weighted by molar-refractivity contribution is 5.94. The van der Waals surface area contributed by atoms with Gasteiger partial charge in [-0.2, -0.15) is 0 Å². The minimum atomic E-state index is -1.30. The van der Waals surface area contributed by atoms with Crippen molar-refractivity contribution in [2.24, 2.45) is 11.7 Å². The molecule has 1 rings (SSSR count). The third-order valence-electron chi connectivity index (χ3n) is 6.32. The van der Waals surface area contributed by atoms with Crippen LogP contribution in [0.15, 0.2) is 24.3 Å². The number of aryl methyl sites for hydroxylation is 1. The van der Waals surface area contributed by atoms with Crippen molar-refractivity contribution in [3.8, 4) is 0 Å². The molecule has 0 saturated carbocycles. The first kappa shape index (κ1) is 33.9. The van der Waals surface area contributed by atoms with Crippen molar-refractivity contribution in [3.05, 3.63) is 35.4 Å². The van der Waals surface area contributed by atoms with Gasteiger partial charge in [-0.25, -0.2) is 4.79 Å². The zero-order valence-corrected chi connectivity index (χ0v) is 25.3. The van der Waals surface area contributed by atoms with Crippen molar-refractivity contribution >= 4 is 23.8 Å². The topological polar surface area (TPSA) is 131 Å². The standard InChI is InChI=1S/C30H50N4O5/c1-10-11-21(5)32-27(36)26(23-16-13-20(4)14-17-23)34(22(6)15-12-19(2)3)28(37)24(18-25(31)35)33-29(38)39-30(7,8)9/h13-14,16-17,19,21-22,24,26H,10-12,15,18H2,1-9H3,(H2,31,35)(H,32,36)(H,33,38). The number of nitrogens with one attached hydrogen (secondary N) is 2. The number of amides is 4. The molecule has 0 aliphatic heterocycles. The van der Waals surface area contributed by atoms with E-state index in [4.69, 9.17) is 10.5 Å². The van der Waals surface area contributed by atoms with Gasteiger partial charge in [-0.15, -0.1) is 0 Å². The minimum Gasteiger partial charge on any atom is -0.444 e. The van der Waals surface area contributed by atoms with Crippen molar-refractivity contribution < 1.29 is 23.9 Å². The van der Waals surface area contributed by atoms with Crippen molar-refractivity contribution in [1.29, 1.82) is 0 Å². The van der Waals surface area contributed by atoms with Crippen LogP contribution in [0.25, 0.3) is 0 Å². The van der Waals surface area contributed by atoms with Crippen LogP contribution in [0.2, 0.25) is 0 Å². The van der Waals surface area contributed by atoms with Gasteiger partial charge in [0.2, 0.25) is 17.7 Å². The largest absolute Gasteiger partial charge is 0.444 e. The van der Waals surface area contributed by atoms with E-state index in [2.05, 4.69) is 24.5 Å². The molecule has 4 amide bonds. The van der Waals surface area contributed by atoms with Crippen LogP contribution < -0.4 is 16.4 Å². The van der Waals surface area contributed by atoms with E-state index in [0.29, 0.717) is 17.9 Å². The highest BCUT2D eigenvalue weighted by Crippen LogP contribution is 2.28. The number of ether oxygens (including phenoxy) is 1. The third-order valence-corrected chi connectivity index (χ3v) is 6.32. The first-order valence-electron chi connectivity index (χ1n) is 14.0. The molecule has 0 radical (unpaired) electrons. The van der Waals surface area contributed by atoms with E-state index in [-0.39, 0.29) is 18.0 Å². The molecule has 4 atom stereocenters. The lowest BCUT2D eigenvalue weighted by Gasteiger charge is -2.39. The monoisotopic (exact) mass is 546 g/mol. The van der Waals surface area contributed by atoms with Gasteiger partial charge in [0.05, 0.1) is 6.42 Å². The molecule has 0 saturated heterocycles. The molecule has 0 spiro atoms. The van der Waals surface area contributed by atoms with Crippen molar-refractivity contribution in [2.75, 3.05) is 0 Å². The smallest absolute Gasteiger partial charge is 0.408 e. The van der Waals surface area contributed by atoms with Crippen LogP contribution in [0.4, 0.5) is 4.79 Å². The summed E-state index contributed by atoms with van der Waals surface area (Å²) in [6.07, 6.45) is 1.85. The molecule has 0 heterocycles. The van der Waals surface area contributed by atoms with E-state index in [9.17, 15) is 19.2 Å². The van der Waals surface area contributed by atoms with Gasteiger partial charge in [0.15, 0.2) is 0 Å². The number of nitrogens with two attached hydrogens (primary N) is 1. The van der Waals surface area contributed by atoms with Gasteiger partial charge in [-0.3, -0.25) is 14.4 Å². The van der Waals surface area contributed by atoms with Gasteiger partial charge in [0.25, 0.3) is 0 Å². The molecular formula is C30H50N4O5. The number of carbonyl (C=O) groups excluding carboxylic acids is 4. The number of rotatable bonds is 14. The molecule has 1 aromatic rings. The van der Waals surface area contributed by atoms with Gasteiger partial charge in [0.1, 0.15) is 17.7 Å². The number of nitrogens with zero attached hydrogens (tertiary/aromatic N) is 1. The Bertz CT molecular complexity index is 955. The van der Waals surface area contributed by atoms with Gasteiger partial charge in [-0.1, -0.05) is 57.0 Å². The predicted molar refractivity (Wildman–Crippen MR) is 154 cm³/mol. The SMILES string of the molecule is CCCC(C)NC(=O)C(c1ccc(C)cc1)N(C(=O)C(CC(N)=O)NC(=O)OC(C)(C)C)C(C)CCC(C)C. The maximum Gasteiger partial charge on any atom is 0.408 e. The van der Waals surface area contributed by atoms with Crippen LogP contribution in [0, 0.1) is 12.8 Å². The lowest BCUT2D eigenvalue weighted by molar-refractivity contribution is -0.146. The van der Waals surface area contributed by atoms with E-state index in [1.165, 1.54) is 4.90 Å². The summed E-state index contributed by atoms with van der Waals surface area (Å²) in [5, 5.41) is 5.60. The Labute approximate surface area is 234 Å². The summed E-state index contributed by atoms with van der Waals surface area (Å²) in [6, 6.07) is 4.71. The summed E-state index contributed by atoms with van der Waals surface area (Å²) in [4.78, 5) is 54.2. The third kappa shape index (κ3) is 12.1. The number of benzene rings is 1. The Morgan fingerprint density at radius 1 is 0.949 bits per heavy atom. The fraction of sp³-hybridized carbons (Fsp3) is 0.667.